The van der Waals surface area contributed by atoms with E-state index in [9.17, 15) is 18.0 Å². The Hall–Kier alpha value is -4.63. The zero-order valence-corrected chi connectivity index (χ0v) is 26.3. The number of ether oxygens (including phenoxy) is 1. The molecule has 0 aliphatic rings. The third kappa shape index (κ3) is 8.48. The summed E-state index contributed by atoms with van der Waals surface area (Å²) >= 11 is 0. The molecule has 0 aliphatic carbocycles. The van der Waals surface area contributed by atoms with E-state index in [1.807, 2.05) is 81.4 Å². The summed E-state index contributed by atoms with van der Waals surface area (Å²) in [6.07, 6.45) is 0.245. The number of amides is 2. The average molecular weight is 614 g/mol. The largest absolute Gasteiger partial charge is 0.497 e. The van der Waals surface area contributed by atoms with Crippen molar-refractivity contribution in [2.75, 3.05) is 18.0 Å². The minimum absolute atomic E-state index is 0.0459. The highest BCUT2D eigenvalue weighted by Gasteiger charge is 2.35. The molecule has 9 heteroatoms. The van der Waals surface area contributed by atoms with E-state index in [-0.39, 0.29) is 23.8 Å². The van der Waals surface area contributed by atoms with Crippen LogP contribution in [0.2, 0.25) is 0 Å². The molecule has 8 nitrogen and oxygen atoms in total. The molecule has 4 rings (SSSR count). The number of carbonyl (C=O) groups is 2. The van der Waals surface area contributed by atoms with E-state index >= 15 is 0 Å². The van der Waals surface area contributed by atoms with Crippen molar-refractivity contribution >= 4 is 27.5 Å². The summed E-state index contributed by atoms with van der Waals surface area (Å²) in [7, 11) is -2.64. The first kappa shape index (κ1) is 32.3. The van der Waals surface area contributed by atoms with Crippen molar-refractivity contribution in [1.82, 2.24) is 10.2 Å². The molecule has 1 N–H and O–H groups in total. The summed E-state index contributed by atoms with van der Waals surface area (Å²) in [5, 5.41) is 3.04. The van der Waals surface area contributed by atoms with Gasteiger partial charge in [-0.25, -0.2) is 8.42 Å². The molecule has 44 heavy (non-hydrogen) atoms. The molecule has 4 aromatic rings. The van der Waals surface area contributed by atoms with Gasteiger partial charge >= 0.3 is 0 Å². The Kier molecular flexibility index (Phi) is 10.4. The quantitative estimate of drug-likeness (QED) is 0.230. The lowest BCUT2D eigenvalue weighted by molar-refractivity contribution is -0.140. The molecule has 0 aliphatic heterocycles. The molecule has 0 saturated carbocycles. The number of nitrogens with zero attached hydrogens (tertiary/aromatic N) is 2. The number of rotatable bonds is 12. The SMILES string of the molecule is COc1ccc(N(CC(=O)N(Cc2ccccc2)[C@@H](Cc2ccccc2)C(=O)NC(C)(C)C)S(=O)(=O)c2ccccc2)cc1. The Bertz CT molecular complexity index is 1620. The first-order valence-electron chi connectivity index (χ1n) is 14.4. The van der Waals surface area contributed by atoms with Gasteiger partial charge in [-0.05, 0) is 68.3 Å². The molecule has 0 heterocycles. The average Bonchev–Trinajstić information content (AvgIpc) is 3.02. The number of methoxy groups -OCH3 is 1. The second kappa shape index (κ2) is 14.2. The van der Waals surface area contributed by atoms with Crippen molar-refractivity contribution in [2.24, 2.45) is 0 Å². The molecule has 0 spiro atoms. The number of carbonyl (C=O) groups excluding carboxylic acids is 2. The molecule has 1 atom stereocenters. The summed E-state index contributed by atoms with van der Waals surface area (Å²) in [5.74, 6) is -0.300. The van der Waals surface area contributed by atoms with Gasteiger partial charge in [-0.15, -0.1) is 0 Å². The van der Waals surface area contributed by atoms with Gasteiger partial charge in [0.2, 0.25) is 11.8 Å². The van der Waals surface area contributed by atoms with Gasteiger partial charge < -0.3 is 15.0 Å². The third-order valence-corrected chi connectivity index (χ3v) is 8.72. The zero-order valence-electron chi connectivity index (χ0n) is 25.5. The van der Waals surface area contributed by atoms with E-state index < -0.39 is 34.1 Å². The van der Waals surface area contributed by atoms with Crippen LogP contribution in [0.1, 0.15) is 31.9 Å². The van der Waals surface area contributed by atoms with E-state index in [2.05, 4.69) is 5.32 Å². The smallest absolute Gasteiger partial charge is 0.264 e. The van der Waals surface area contributed by atoms with Crippen molar-refractivity contribution in [3.8, 4) is 5.75 Å². The molecular formula is C35H39N3O5S. The first-order chi connectivity index (χ1) is 21.0. The number of sulfonamides is 1. The van der Waals surface area contributed by atoms with Gasteiger partial charge in [0, 0.05) is 18.5 Å². The Morgan fingerprint density at radius 3 is 1.82 bits per heavy atom. The molecule has 4 aromatic carbocycles. The van der Waals surface area contributed by atoms with Crippen LogP contribution in [-0.4, -0.2) is 50.4 Å². The van der Waals surface area contributed by atoms with Gasteiger partial charge in [-0.3, -0.25) is 13.9 Å². The van der Waals surface area contributed by atoms with Gasteiger partial charge in [-0.2, -0.15) is 0 Å². The van der Waals surface area contributed by atoms with Crippen LogP contribution in [0.3, 0.4) is 0 Å². The van der Waals surface area contributed by atoms with Gasteiger partial charge in [0.15, 0.2) is 0 Å². The van der Waals surface area contributed by atoms with Crippen LogP contribution in [0.5, 0.6) is 5.75 Å². The van der Waals surface area contributed by atoms with Crippen LogP contribution in [0.25, 0.3) is 0 Å². The highest BCUT2D eigenvalue weighted by atomic mass is 32.2. The maximum absolute atomic E-state index is 14.4. The molecule has 230 valence electrons. The summed E-state index contributed by atoms with van der Waals surface area (Å²) in [4.78, 5) is 29.9. The van der Waals surface area contributed by atoms with Gasteiger partial charge in [0.05, 0.1) is 17.7 Å². The van der Waals surface area contributed by atoms with E-state index in [4.69, 9.17) is 4.74 Å². The molecular weight excluding hydrogens is 574 g/mol. The monoisotopic (exact) mass is 613 g/mol. The van der Waals surface area contributed by atoms with Crippen molar-refractivity contribution in [3.05, 3.63) is 126 Å². The van der Waals surface area contributed by atoms with E-state index in [0.717, 1.165) is 15.4 Å². The minimum Gasteiger partial charge on any atom is -0.497 e. The van der Waals surface area contributed by atoms with Crippen LogP contribution in [-0.2, 0) is 32.6 Å². The molecule has 0 fully saturated rings. The molecule has 0 bridgehead atoms. The van der Waals surface area contributed by atoms with Crippen molar-refractivity contribution in [1.29, 1.82) is 0 Å². The number of hydrogen-bond acceptors (Lipinski definition) is 5. The van der Waals surface area contributed by atoms with Gasteiger partial charge in [0.25, 0.3) is 10.0 Å². The molecule has 2 amide bonds. The molecule has 0 aromatic heterocycles. The number of benzene rings is 4. The molecule has 0 saturated heterocycles. The van der Waals surface area contributed by atoms with E-state index in [1.54, 1.807) is 42.5 Å². The Morgan fingerprint density at radius 2 is 1.30 bits per heavy atom. The van der Waals surface area contributed by atoms with E-state index in [1.165, 1.54) is 24.1 Å². The Morgan fingerprint density at radius 1 is 0.773 bits per heavy atom. The van der Waals surface area contributed by atoms with Crippen molar-refractivity contribution < 1.29 is 22.7 Å². The van der Waals surface area contributed by atoms with Crippen LogP contribution in [0.4, 0.5) is 5.69 Å². The molecule has 0 radical (unpaired) electrons. The van der Waals surface area contributed by atoms with Crippen LogP contribution in [0.15, 0.2) is 120 Å². The predicted octanol–water partition coefficient (Wildman–Crippen LogP) is 5.45. The standard InChI is InChI=1S/C35H39N3O5S/c1-35(2,3)36-34(40)32(24-27-14-8-5-9-15-27)37(25-28-16-10-6-11-17-28)33(39)26-38(29-20-22-30(43-4)23-21-29)44(41,42)31-18-12-7-13-19-31/h5-23,32H,24-26H2,1-4H3,(H,36,40)/t32-/m0/s1. The third-order valence-electron chi connectivity index (χ3n) is 6.94. The lowest BCUT2D eigenvalue weighted by Crippen LogP contribution is -2.56. The molecule has 0 unspecified atom stereocenters. The fourth-order valence-electron chi connectivity index (χ4n) is 4.78. The summed E-state index contributed by atoms with van der Waals surface area (Å²) in [6, 6.07) is 32.4. The lowest BCUT2D eigenvalue weighted by atomic mass is 10.0. The normalized spacial score (nSPS) is 12.2. The van der Waals surface area contributed by atoms with Crippen LogP contribution in [0, 0.1) is 0 Å². The fraction of sp³-hybridized carbons (Fsp3) is 0.257. The number of hydrogen-bond donors (Lipinski definition) is 1. The number of anilines is 1. The Balaban J connectivity index is 1.79. The van der Waals surface area contributed by atoms with Crippen LogP contribution < -0.4 is 14.4 Å². The number of nitrogens with one attached hydrogen (secondary N) is 1. The lowest BCUT2D eigenvalue weighted by Gasteiger charge is -2.35. The van der Waals surface area contributed by atoms with Crippen molar-refractivity contribution in [2.45, 2.75) is 50.2 Å². The van der Waals surface area contributed by atoms with Crippen LogP contribution >= 0.6 is 0 Å². The highest BCUT2D eigenvalue weighted by molar-refractivity contribution is 7.92. The van der Waals surface area contributed by atoms with Gasteiger partial charge in [0.1, 0.15) is 18.3 Å². The maximum atomic E-state index is 14.4. The highest BCUT2D eigenvalue weighted by Crippen LogP contribution is 2.27. The second-order valence-corrected chi connectivity index (χ2v) is 13.3. The minimum atomic E-state index is -4.16. The zero-order chi connectivity index (χ0) is 31.7. The van der Waals surface area contributed by atoms with E-state index in [0.29, 0.717) is 11.4 Å². The summed E-state index contributed by atoms with van der Waals surface area (Å²) in [6.45, 7) is 5.23. The van der Waals surface area contributed by atoms with Crippen molar-refractivity contribution in [3.63, 3.8) is 0 Å². The topological polar surface area (TPSA) is 96.0 Å². The first-order valence-corrected chi connectivity index (χ1v) is 15.8. The predicted molar refractivity (Wildman–Crippen MR) is 173 cm³/mol. The Labute approximate surface area is 260 Å². The fourth-order valence-corrected chi connectivity index (χ4v) is 6.22. The maximum Gasteiger partial charge on any atom is 0.264 e. The van der Waals surface area contributed by atoms with Gasteiger partial charge in [-0.1, -0.05) is 78.9 Å². The summed E-state index contributed by atoms with van der Waals surface area (Å²) < 4.78 is 34.4. The summed E-state index contributed by atoms with van der Waals surface area (Å²) in [5.41, 5.74) is 1.42. The second-order valence-electron chi connectivity index (χ2n) is 11.5.